The van der Waals surface area contributed by atoms with Crippen LogP contribution in [-0.4, -0.2) is 36.6 Å². The predicted molar refractivity (Wildman–Crippen MR) is 82.7 cm³/mol. The minimum absolute atomic E-state index is 0.0509. The fourth-order valence-electron chi connectivity index (χ4n) is 1.57. The summed E-state index contributed by atoms with van der Waals surface area (Å²) in [4.78, 5) is 11.7. The first-order valence-electron chi connectivity index (χ1n) is 6.41. The number of benzene rings is 1. The number of nitrogens with one attached hydrogen (secondary N) is 1. The van der Waals surface area contributed by atoms with Gasteiger partial charge in [0.25, 0.3) is 0 Å². The molecule has 0 aliphatic heterocycles. The van der Waals surface area contributed by atoms with Gasteiger partial charge in [-0.2, -0.15) is 0 Å². The largest absolute Gasteiger partial charge is 0.355 e. The first kappa shape index (κ1) is 17.8. The number of hydrogen-bond donors (Lipinski definition) is 2. The lowest BCUT2D eigenvalue weighted by molar-refractivity contribution is -0.121. The van der Waals surface area contributed by atoms with Crippen molar-refractivity contribution in [2.24, 2.45) is 5.14 Å². The van der Waals surface area contributed by atoms with E-state index in [2.05, 4.69) is 5.32 Å². The molecule has 0 spiro atoms. The molecule has 0 aromatic heterocycles. The molecule has 1 amide bonds. The van der Waals surface area contributed by atoms with Crippen molar-refractivity contribution < 1.29 is 17.4 Å². The number of nitrogens with two attached hydrogens (primary N) is 1. The Balaban J connectivity index is 2.45. The number of rotatable bonds is 7. The Kier molecular flexibility index (Phi) is 6.50. The number of aryl methyl sites for hydroxylation is 1. The molecule has 2 unspecified atom stereocenters. The van der Waals surface area contributed by atoms with Gasteiger partial charge in [0.2, 0.25) is 15.9 Å². The topological polar surface area (TPSA) is 106 Å². The summed E-state index contributed by atoms with van der Waals surface area (Å²) < 4.78 is 33.4. The van der Waals surface area contributed by atoms with Crippen molar-refractivity contribution in [1.82, 2.24) is 5.32 Å². The Morgan fingerprint density at radius 2 is 1.90 bits per heavy atom. The highest BCUT2D eigenvalue weighted by Crippen LogP contribution is 2.10. The molecule has 3 N–H and O–H groups in total. The Labute approximate surface area is 127 Å². The van der Waals surface area contributed by atoms with E-state index in [0.29, 0.717) is 13.0 Å². The highest BCUT2D eigenvalue weighted by molar-refractivity contribution is 7.89. The molecule has 118 valence electrons. The molecular formula is C13H20N2O4S2. The van der Waals surface area contributed by atoms with Gasteiger partial charge in [0.1, 0.15) is 0 Å². The Morgan fingerprint density at radius 1 is 1.33 bits per heavy atom. The van der Waals surface area contributed by atoms with Gasteiger partial charge in [0.15, 0.2) is 0 Å². The van der Waals surface area contributed by atoms with Crippen LogP contribution in [0.5, 0.6) is 0 Å². The molecule has 1 aromatic rings. The van der Waals surface area contributed by atoms with Gasteiger partial charge < -0.3 is 5.32 Å². The maximum atomic E-state index is 11.6. The Hall–Kier alpha value is -1.25. The fourth-order valence-corrected chi connectivity index (χ4v) is 2.40. The second-order valence-electron chi connectivity index (χ2n) is 4.80. The van der Waals surface area contributed by atoms with Gasteiger partial charge in [-0.25, -0.2) is 13.6 Å². The van der Waals surface area contributed by atoms with E-state index in [1.165, 1.54) is 12.1 Å². The average Bonchev–Trinajstić information content (AvgIpc) is 2.41. The molecule has 2 atom stereocenters. The summed E-state index contributed by atoms with van der Waals surface area (Å²) in [5, 5.41) is 7.65. The first-order valence-corrected chi connectivity index (χ1v) is 9.57. The fraction of sp³-hybridized carbons (Fsp3) is 0.462. The van der Waals surface area contributed by atoms with Crippen LogP contribution in [0.15, 0.2) is 29.2 Å². The normalized spacial score (nSPS) is 14.4. The van der Waals surface area contributed by atoms with Crippen LogP contribution in [0.1, 0.15) is 18.9 Å². The lowest BCUT2D eigenvalue weighted by Gasteiger charge is -2.10. The number of primary sulfonamides is 1. The maximum absolute atomic E-state index is 11.6. The van der Waals surface area contributed by atoms with Crippen molar-refractivity contribution in [3.05, 3.63) is 29.8 Å². The van der Waals surface area contributed by atoms with Crippen molar-refractivity contribution in [3.8, 4) is 0 Å². The zero-order valence-corrected chi connectivity index (χ0v) is 13.7. The van der Waals surface area contributed by atoms with Crippen molar-refractivity contribution >= 4 is 26.7 Å². The van der Waals surface area contributed by atoms with Crippen LogP contribution < -0.4 is 10.5 Å². The molecule has 1 aromatic carbocycles. The second-order valence-corrected chi connectivity index (χ2v) is 8.17. The monoisotopic (exact) mass is 332 g/mol. The summed E-state index contributed by atoms with van der Waals surface area (Å²) in [7, 11) is -4.65. The predicted octanol–water partition coefficient (Wildman–Crippen LogP) is 0.150. The van der Waals surface area contributed by atoms with Gasteiger partial charge in [0, 0.05) is 35.3 Å². The van der Waals surface area contributed by atoms with Gasteiger partial charge >= 0.3 is 0 Å². The molecule has 8 heteroatoms. The molecule has 6 nitrogen and oxygen atoms in total. The van der Waals surface area contributed by atoms with Crippen LogP contribution in [0, 0.1) is 0 Å². The maximum Gasteiger partial charge on any atom is 0.238 e. The van der Waals surface area contributed by atoms with Gasteiger partial charge in [-0.1, -0.05) is 12.1 Å². The number of carbonyl (C=O) groups is 1. The van der Waals surface area contributed by atoms with E-state index in [4.69, 9.17) is 5.14 Å². The van der Waals surface area contributed by atoms with E-state index in [-0.39, 0.29) is 22.5 Å². The Morgan fingerprint density at radius 3 is 2.38 bits per heavy atom. The molecule has 0 radical (unpaired) electrons. The summed E-state index contributed by atoms with van der Waals surface area (Å²) in [6.45, 7) is 2.19. The van der Waals surface area contributed by atoms with Crippen molar-refractivity contribution in [3.63, 3.8) is 0 Å². The highest BCUT2D eigenvalue weighted by atomic mass is 32.2. The Bertz CT molecular complexity index is 612. The number of sulfonamides is 1. The van der Waals surface area contributed by atoms with E-state index >= 15 is 0 Å². The average molecular weight is 332 g/mol. The SMILES string of the molecule is CC(CNC(=O)CCc1ccc(S(N)(=O)=O)cc1)S(C)=O. The van der Waals surface area contributed by atoms with Gasteiger partial charge in [-0.05, 0) is 31.0 Å². The van der Waals surface area contributed by atoms with E-state index < -0.39 is 20.8 Å². The molecule has 0 aliphatic rings. The third-order valence-corrected chi connectivity index (χ3v) is 5.28. The van der Waals surface area contributed by atoms with Gasteiger partial charge in [-0.3, -0.25) is 9.00 Å². The summed E-state index contributed by atoms with van der Waals surface area (Å²) in [5.74, 6) is -0.122. The molecule has 0 aliphatic carbocycles. The third-order valence-electron chi connectivity index (χ3n) is 3.05. The molecule has 1 rings (SSSR count). The zero-order chi connectivity index (χ0) is 16.0. The van der Waals surface area contributed by atoms with Crippen molar-refractivity contribution in [1.29, 1.82) is 0 Å². The molecular weight excluding hydrogens is 312 g/mol. The second kappa shape index (κ2) is 7.67. The molecule has 0 saturated heterocycles. The summed E-state index contributed by atoms with van der Waals surface area (Å²) in [6.07, 6.45) is 2.39. The molecule has 0 bridgehead atoms. The minimum Gasteiger partial charge on any atom is -0.355 e. The van der Waals surface area contributed by atoms with Crippen LogP contribution >= 0.6 is 0 Å². The van der Waals surface area contributed by atoms with E-state index in [9.17, 15) is 17.4 Å². The molecule has 0 saturated carbocycles. The molecule has 0 fully saturated rings. The lowest BCUT2D eigenvalue weighted by Crippen LogP contribution is -2.32. The van der Waals surface area contributed by atoms with Gasteiger partial charge in [-0.15, -0.1) is 0 Å². The third kappa shape index (κ3) is 6.36. The molecule has 0 heterocycles. The summed E-state index contributed by atoms with van der Waals surface area (Å²) >= 11 is 0. The number of hydrogen-bond acceptors (Lipinski definition) is 4. The zero-order valence-electron chi connectivity index (χ0n) is 12.0. The van der Waals surface area contributed by atoms with Crippen LogP contribution in [0.4, 0.5) is 0 Å². The van der Waals surface area contributed by atoms with Gasteiger partial charge in [0.05, 0.1) is 4.90 Å². The minimum atomic E-state index is -3.69. The van der Waals surface area contributed by atoms with E-state index in [1.54, 1.807) is 18.4 Å². The highest BCUT2D eigenvalue weighted by Gasteiger charge is 2.10. The van der Waals surface area contributed by atoms with Crippen LogP contribution in [0.3, 0.4) is 0 Å². The standard InChI is InChI=1S/C13H20N2O4S2/c1-10(20(2)17)9-15-13(16)8-5-11-3-6-12(7-4-11)21(14,18)19/h3-4,6-7,10H,5,8-9H2,1-2H3,(H,15,16)(H2,14,18,19). The van der Waals surface area contributed by atoms with Crippen LogP contribution in [0.2, 0.25) is 0 Å². The van der Waals surface area contributed by atoms with Crippen molar-refractivity contribution in [2.45, 2.75) is 29.9 Å². The van der Waals surface area contributed by atoms with Crippen LogP contribution in [0.25, 0.3) is 0 Å². The van der Waals surface area contributed by atoms with E-state index in [0.717, 1.165) is 5.56 Å². The molecule has 21 heavy (non-hydrogen) atoms. The van der Waals surface area contributed by atoms with E-state index in [1.807, 2.05) is 6.92 Å². The first-order chi connectivity index (χ1) is 9.70. The summed E-state index contributed by atoms with van der Waals surface area (Å²) in [5.41, 5.74) is 0.852. The smallest absolute Gasteiger partial charge is 0.238 e. The quantitative estimate of drug-likeness (QED) is 0.741. The van der Waals surface area contributed by atoms with Crippen molar-refractivity contribution in [2.75, 3.05) is 12.8 Å². The summed E-state index contributed by atoms with van der Waals surface area (Å²) in [6, 6.07) is 6.11. The number of carbonyl (C=O) groups excluding carboxylic acids is 1. The number of amides is 1. The lowest BCUT2D eigenvalue weighted by atomic mass is 10.1. The van der Waals surface area contributed by atoms with Crippen LogP contribution in [-0.2, 0) is 32.0 Å².